The van der Waals surface area contributed by atoms with E-state index in [1.165, 1.54) is 6.08 Å². The van der Waals surface area contributed by atoms with Crippen LogP contribution < -0.4 is 16.0 Å². The van der Waals surface area contributed by atoms with Crippen LogP contribution in [0.4, 0.5) is 16.2 Å². The normalized spacial score (nSPS) is 10.6. The molecule has 2 aromatic rings. The van der Waals surface area contributed by atoms with E-state index < -0.39 is 0 Å². The molecule has 24 heavy (non-hydrogen) atoms. The Hall–Kier alpha value is -3.08. The van der Waals surface area contributed by atoms with Crippen LogP contribution in [0.3, 0.4) is 0 Å². The van der Waals surface area contributed by atoms with Gasteiger partial charge in [-0.3, -0.25) is 4.79 Å². The fourth-order valence-electron chi connectivity index (χ4n) is 2.03. The second-order valence-electron chi connectivity index (χ2n) is 5.53. The minimum absolute atomic E-state index is 0.0283. The third kappa shape index (κ3) is 5.61. The molecule has 5 heteroatoms. The van der Waals surface area contributed by atoms with Crippen molar-refractivity contribution in [2.24, 2.45) is 0 Å². The highest BCUT2D eigenvalue weighted by molar-refractivity contribution is 6.05. The molecule has 0 fully saturated rings. The maximum atomic E-state index is 12.1. The first-order valence-electron chi connectivity index (χ1n) is 7.75. The van der Waals surface area contributed by atoms with Crippen molar-refractivity contribution in [2.75, 3.05) is 10.6 Å². The van der Waals surface area contributed by atoms with Gasteiger partial charge in [0.2, 0.25) is 5.91 Å². The molecule has 0 saturated carbocycles. The van der Waals surface area contributed by atoms with E-state index in [0.717, 1.165) is 5.56 Å². The van der Waals surface area contributed by atoms with Gasteiger partial charge in [-0.05, 0) is 37.6 Å². The summed E-state index contributed by atoms with van der Waals surface area (Å²) < 4.78 is 0. The molecular formula is C19H21N3O2. The average Bonchev–Trinajstić information content (AvgIpc) is 2.55. The van der Waals surface area contributed by atoms with E-state index in [1.54, 1.807) is 30.3 Å². The maximum Gasteiger partial charge on any atom is 0.319 e. The molecule has 0 aliphatic heterocycles. The molecule has 3 amide bonds. The van der Waals surface area contributed by atoms with Crippen LogP contribution in [0, 0.1) is 0 Å². The molecule has 0 aliphatic carbocycles. The van der Waals surface area contributed by atoms with Gasteiger partial charge in [0.05, 0.1) is 11.4 Å². The summed E-state index contributed by atoms with van der Waals surface area (Å²) >= 11 is 0. The quantitative estimate of drug-likeness (QED) is 0.731. The molecule has 0 atom stereocenters. The zero-order valence-electron chi connectivity index (χ0n) is 13.7. The molecule has 2 rings (SSSR count). The molecule has 0 unspecified atom stereocenters. The number of rotatable bonds is 5. The highest BCUT2D eigenvalue weighted by atomic mass is 16.2. The topological polar surface area (TPSA) is 70.2 Å². The number of carbonyl (C=O) groups excluding carboxylic acids is 2. The minimum atomic E-state index is -0.313. The Balaban J connectivity index is 2.03. The van der Waals surface area contributed by atoms with Gasteiger partial charge in [-0.15, -0.1) is 0 Å². The molecule has 2 aromatic carbocycles. The lowest BCUT2D eigenvalue weighted by Gasteiger charge is -2.13. The fourth-order valence-corrected chi connectivity index (χ4v) is 2.03. The van der Waals surface area contributed by atoms with Gasteiger partial charge in [0.15, 0.2) is 0 Å². The van der Waals surface area contributed by atoms with Crippen molar-refractivity contribution in [3.8, 4) is 0 Å². The van der Waals surface area contributed by atoms with E-state index in [4.69, 9.17) is 0 Å². The Morgan fingerprint density at radius 2 is 1.46 bits per heavy atom. The summed E-state index contributed by atoms with van der Waals surface area (Å²) in [6.07, 6.45) is 3.19. The third-order valence-electron chi connectivity index (χ3n) is 3.08. The predicted octanol–water partition coefficient (Wildman–Crippen LogP) is 3.87. The van der Waals surface area contributed by atoms with Crippen LogP contribution in [0.5, 0.6) is 0 Å². The number of hydrogen-bond acceptors (Lipinski definition) is 2. The van der Waals surface area contributed by atoms with Crippen molar-refractivity contribution < 1.29 is 9.59 Å². The van der Waals surface area contributed by atoms with Crippen molar-refractivity contribution >= 4 is 29.4 Å². The average molecular weight is 323 g/mol. The summed E-state index contributed by atoms with van der Waals surface area (Å²) in [6.45, 7) is 3.75. The van der Waals surface area contributed by atoms with Gasteiger partial charge in [0.1, 0.15) is 0 Å². The SMILES string of the molecule is CC(C)NC(=O)Nc1ccccc1NC(=O)C=Cc1ccccc1. The van der Waals surface area contributed by atoms with Gasteiger partial charge < -0.3 is 16.0 Å². The molecule has 124 valence electrons. The van der Waals surface area contributed by atoms with Crippen molar-refractivity contribution in [2.45, 2.75) is 19.9 Å². The summed E-state index contributed by atoms with van der Waals surface area (Å²) in [4.78, 5) is 23.9. The lowest BCUT2D eigenvalue weighted by atomic mass is 10.2. The van der Waals surface area contributed by atoms with Gasteiger partial charge in [-0.1, -0.05) is 42.5 Å². The largest absolute Gasteiger partial charge is 0.336 e. The molecule has 0 bridgehead atoms. The monoisotopic (exact) mass is 323 g/mol. The number of amides is 3. The summed E-state index contributed by atoms with van der Waals surface area (Å²) in [6, 6.07) is 16.3. The van der Waals surface area contributed by atoms with Crippen molar-refractivity contribution in [3.05, 3.63) is 66.2 Å². The lowest BCUT2D eigenvalue weighted by molar-refractivity contribution is -0.111. The van der Waals surface area contributed by atoms with E-state index >= 15 is 0 Å². The number of urea groups is 1. The third-order valence-corrected chi connectivity index (χ3v) is 3.08. The van der Waals surface area contributed by atoms with Crippen LogP contribution in [0.25, 0.3) is 6.08 Å². The Bertz CT molecular complexity index is 724. The summed E-state index contributed by atoms with van der Waals surface area (Å²) in [7, 11) is 0. The molecule has 0 heterocycles. The van der Waals surface area contributed by atoms with Crippen LogP contribution in [0.1, 0.15) is 19.4 Å². The molecule has 0 aliphatic rings. The first-order chi connectivity index (χ1) is 11.5. The predicted molar refractivity (Wildman–Crippen MR) is 97.8 cm³/mol. The van der Waals surface area contributed by atoms with Crippen LogP contribution in [-0.2, 0) is 4.79 Å². The zero-order valence-corrected chi connectivity index (χ0v) is 13.7. The summed E-state index contributed by atoms with van der Waals surface area (Å²) in [5, 5.41) is 8.25. The molecule has 5 nitrogen and oxygen atoms in total. The minimum Gasteiger partial charge on any atom is -0.336 e. The lowest BCUT2D eigenvalue weighted by Crippen LogP contribution is -2.34. The van der Waals surface area contributed by atoms with E-state index in [0.29, 0.717) is 11.4 Å². The molecule has 0 aromatic heterocycles. The molecule has 0 radical (unpaired) electrons. The Labute approximate surface area is 141 Å². The van der Waals surface area contributed by atoms with Crippen LogP contribution in [-0.4, -0.2) is 18.0 Å². The number of anilines is 2. The van der Waals surface area contributed by atoms with E-state index in [1.807, 2.05) is 44.2 Å². The van der Waals surface area contributed by atoms with Gasteiger partial charge >= 0.3 is 6.03 Å². The van der Waals surface area contributed by atoms with Crippen LogP contribution in [0.15, 0.2) is 60.7 Å². The molecule has 0 spiro atoms. The second-order valence-corrected chi connectivity index (χ2v) is 5.53. The fraction of sp³-hybridized carbons (Fsp3) is 0.158. The zero-order chi connectivity index (χ0) is 17.4. The maximum absolute atomic E-state index is 12.1. The van der Waals surface area contributed by atoms with E-state index in [9.17, 15) is 9.59 Å². The summed E-state index contributed by atoms with van der Waals surface area (Å²) in [5.41, 5.74) is 2.02. The number of nitrogens with one attached hydrogen (secondary N) is 3. The van der Waals surface area contributed by atoms with Crippen LogP contribution in [0.2, 0.25) is 0 Å². The molecular weight excluding hydrogens is 302 g/mol. The van der Waals surface area contributed by atoms with Crippen LogP contribution >= 0.6 is 0 Å². The smallest absolute Gasteiger partial charge is 0.319 e. The summed E-state index contributed by atoms with van der Waals surface area (Å²) in [5.74, 6) is -0.266. The number of hydrogen-bond donors (Lipinski definition) is 3. The van der Waals surface area contributed by atoms with Gasteiger partial charge in [0, 0.05) is 12.1 Å². The Kier molecular flexibility index (Phi) is 6.14. The van der Waals surface area contributed by atoms with E-state index in [2.05, 4.69) is 16.0 Å². The Morgan fingerprint density at radius 1 is 0.875 bits per heavy atom. The highest BCUT2D eigenvalue weighted by Gasteiger charge is 2.08. The standard InChI is InChI=1S/C19H21N3O2/c1-14(2)20-19(24)22-17-11-7-6-10-16(17)21-18(23)13-12-15-8-4-3-5-9-15/h3-14H,1-2H3,(H,21,23)(H2,20,22,24). The number of carbonyl (C=O) groups is 2. The van der Waals surface area contributed by atoms with Gasteiger partial charge in [0.25, 0.3) is 0 Å². The first kappa shape index (κ1) is 17.3. The molecule has 0 saturated heterocycles. The Morgan fingerprint density at radius 3 is 2.08 bits per heavy atom. The van der Waals surface area contributed by atoms with Crippen molar-refractivity contribution in [1.29, 1.82) is 0 Å². The van der Waals surface area contributed by atoms with Gasteiger partial charge in [-0.25, -0.2) is 4.79 Å². The second kappa shape index (κ2) is 8.53. The highest BCUT2D eigenvalue weighted by Crippen LogP contribution is 2.21. The van der Waals surface area contributed by atoms with Gasteiger partial charge in [-0.2, -0.15) is 0 Å². The van der Waals surface area contributed by atoms with E-state index in [-0.39, 0.29) is 18.0 Å². The molecule has 3 N–H and O–H groups in total. The van der Waals surface area contributed by atoms with Crippen molar-refractivity contribution in [3.63, 3.8) is 0 Å². The van der Waals surface area contributed by atoms with Crippen molar-refractivity contribution in [1.82, 2.24) is 5.32 Å². The number of para-hydroxylation sites is 2. The first-order valence-corrected chi connectivity index (χ1v) is 7.75. The number of benzene rings is 2.